The third-order valence-electron chi connectivity index (χ3n) is 4.39. The first kappa shape index (κ1) is 20.1. The maximum absolute atomic E-state index is 12.4. The minimum Gasteiger partial charge on any atom is -0.357 e. The van der Waals surface area contributed by atoms with Crippen molar-refractivity contribution in [3.63, 3.8) is 0 Å². The maximum atomic E-state index is 12.4. The average molecular weight is 370 g/mol. The van der Waals surface area contributed by atoms with Gasteiger partial charge in [-0.15, -0.1) is 0 Å². The highest BCUT2D eigenvalue weighted by Gasteiger charge is 2.44. The number of guanidine groups is 1. The molecule has 2 N–H and O–H groups in total. The molecule has 1 amide bonds. The molecule has 0 aliphatic heterocycles. The van der Waals surface area contributed by atoms with Gasteiger partial charge in [-0.25, -0.2) is 4.99 Å². The zero-order valence-electron chi connectivity index (χ0n) is 15.1. The SMILES string of the molecule is CCNC(=NCC(=O)N(C)CC(F)(F)F)NCC1(c2ccccc2)CC1. The number of halogens is 3. The Balaban J connectivity index is 1.92. The van der Waals surface area contributed by atoms with Crippen LogP contribution in [0.3, 0.4) is 0 Å². The van der Waals surface area contributed by atoms with Crippen LogP contribution in [0.4, 0.5) is 13.2 Å². The number of carbonyl (C=O) groups is 1. The van der Waals surface area contributed by atoms with Crippen molar-refractivity contribution < 1.29 is 18.0 Å². The summed E-state index contributed by atoms with van der Waals surface area (Å²) >= 11 is 0. The lowest BCUT2D eigenvalue weighted by Crippen LogP contribution is -2.42. The number of aliphatic imine (C=N–C) groups is 1. The summed E-state index contributed by atoms with van der Waals surface area (Å²) in [5, 5.41) is 6.23. The Morgan fingerprint density at radius 3 is 2.42 bits per heavy atom. The van der Waals surface area contributed by atoms with Crippen molar-refractivity contribution in [1.29, 1.82) is 0 Å². The van der Waals surface area contributed by atoms with Crippen molar-refractivity contribution in [2.24, 2.45) is 4.99 Å². The molecule has 0 aromatic heterocycles. The zero-order valence-corrected chi connectivity index (χ0v) is 15.1. The van der Waals surface area contributed by atoms with Gasteiger partial charge in [0.1, 0.15) is 13.1 Å². The Hall–Kier alpha value is -2.25. The van der Waals surface area contributed by atoms with Crippen molar-refractivity contribution in [1.82, 2.24) is 15.5 Å². The molecule has 1 aliphatic carbocycles. The highest BCUT2D eigenvalue weighted by molar-refractivity contribution is 5.85. The van der Waals surface area contributed by atoms with Crippen LogP contribution < -0.4 is 10.6 Å². The molecule has 5 nitrogen and oxygen atoms in total. The molecule has 0 saturated heterocycles. The number of rotatable bonds is 7. The Labute approximate surface area is 151 Å². The lowest BCUT2D eigenvalue weighted by Gasteiger charge is -2.20. The molecular formula is C18H25F3N4O. The monoisotopic (exact) mass is 370 g/mol. The number of nitrogens with one attached hydrogen (secondary N) is 2. The van der Waals surface area contributed by atoms with Crippen molar-refractivity contribution in [3.8, 4) is 0 Å². The van der Waals surface area contributed by atoms with Gasteiger partial charge in [0.05, 0.1) is 0 Å². The molecule has 1 aliphatic rings. The Morgan fingerprint density at radius 1 is 1.23 bits per heavy atom. The van der Waals surface area contributed by atoms with E-state index in [1.807, 2.05) is 25.1 Å². The third-order valence-corrected chi connectivity index (χ3v) is 4.39. The summed E-state index contributed by atoms with van der Waals surface area (Å²) in [4.78, 5) is 16.6. The van der Waals surface area contributed by atoms with Gasteiger partial charge in [0.25, 0.3) is 0 Å². The number of alkyl halides is 3. The average Bonchev–Trinajstić information content (AvgIpc) is 3.37. The number of hydrogen-bond acceptors (Lipinski definition) is 2. The van der Waals surface area contributed by atoms with Gasteiger partial charge in [0.15, 0.2) is 5.96 Å². The van der Waals surface area contributed by atoms with Gasteiger partial charge < -0.3 is 15.5 Å². The Bertz CT molecular complexity index is 627. The largest absolute Gasteiger partial charge is 0.406 e. The highest BCUT2D eigenvalue weighted by atomic mass is 19.4. The molecule has 0 heterocycles. The van der Waals surface area contributed by atoms with E-state index in [2.05, 4.69) is 27.8 Å². The number of nitrogens with zero attached hydrogens (tertiary/aromatic N) is 2. The van der Waals surface area contributed by atoms with Crippen LogP contribution in [-0.2, 0) is 10.2 Å². The fraction of sp³-hybridized carbons (Fsp3) is 0.556. The van der Waals surface area contributed by atoms with Crippen molar-refractivity contribution in [3.05, 3.63) is 35.9 Å². The first-order valence-electron chi connectivity index (χ1n) is 8.64. The Kier molecular flexibility index (Phi) is 6.50. The van der Waals surface area contributed by atoms with Crippen molar-refractivity contribution in [2.45, 2.75) is 31.4 Å². The second-order valence-corrected chi connectivity index (χ2v) is 6.56. The molecule has 0 spiro atoms. The summed E-state index contributed by atoms with van der Waals surface area (Å²) in [6.45, 7) is 1.54. The van der Waals surface area contributed by atoms with Crippen LogP contribution in [0, 0.1) is 0 Å². The van der Waals surface area contributed by atoms with E-state index >= 15 is 0 Å². The predicted octanol–water partition coefficient (Wildman–Crippen LogP) is 2.29. The number of amides is 1. The molecule has 1 aromatic rings. The molecule has 144 valence electrons. The van der Waals surface area contributed by atoms with Crippen molar-refractivity contribution >= 4 is 11.9 Å². The van der Waals surface area contributed by atoms with E-state index in [0.29, 0.717) is 23.9 Å². The van der Waals surface area contributed by atoms with Crippen LogP contribution >= 0.6 is 0 Å². The second kappa shape index (κ2) is 8.42. The lowest BCUT2D eigenvalue weighted by molar-refractivity contribution is -0.157. The van der Waals surface area contributed by atoms with Crippen LogP contribution in [-0.4, -0.2) is 56.2 Å². The topological polar surface area (TPSA) is 56.7 Å². The van der Waals surface area contributed by atoms with E-state index in [0.717, 1.165) is 19.9 Å². The molecule has 0 bridgehead atoms. The molecule has 1 fully saturated rings. The molecule has 1 aromatic carbocycles. The Morgan fingerprint density at radius 2 is 1.88 bits per heavy atom. The van der Waals surface area contributed by atoms with E-state index in [9.17, 15) is 18.0 Å². The fourth-order valence-electron chi connectivity index (χ4n) is 2.73. The van der Waals surface area contributed by atoms with Gasteiger partial charge in [0, 0.05) is 25.6 Å². The fourth-order valence-corrected chi connectivity index (χ4v) is 2.73. The van der Waals surface area contributed by atoms with Crippen LogP contribution in [0.5, 0.6) is 0 Å². The van der Waals surface area contributed by atoms with Gasteiger partial charge in [-0.1, -0.05) is 30.3 Å². The van der Waals surface area contributed by atoms with Gasteiger partial charge in [-0.3, -0.25) is 4.79 Å². The van der Waals surface area contributed by atoms with Gasteiger partial charge in [-0.05, 0) is 25.3 Å². The summed E-state index contributed by atoms with van der Waals surface area (Å²) in [6.07, 6.45) is -2.28. The van der Waals surface area contributed by atoms with Gasteiger partial charge in [-0.2, -0.15) is 13.2 Å². The van der Waals surface area contributed by atoms with Crippen molar-refractivity contribution in [2.75, 3.05) is 33.2 Å². The summed E-state index contributed by atoms with van der Waals surface area (Å²) < 4.78 is 37.1. The van der Waals surface area contributed by atoms with Gasteiger partial charge >= 0.3 is 6.18 Å². The lowest BCUT2D eigenvalue weighted by atomic mass is 9.96. The molecule has 0 radical (unpaired) electrons. The summed E-state index contributed by atoms with van der Waals surface area (Å²) in [7, 11) is 1.13. The first-order chi connectivity index (χ1) is 12.3. The molecule has 1 saturated carbocycles. The molecule has 0 atom stereocenters. The smallest absolute Gasteiger partial charge is 0.357 e. The first-order valence-corrected chi connectivity index (χ1v) is 8.64. The predicted molar refractivity (Wildman–Crippen MR) is 95.0 cm³/mol. The number of hydrogen-bond donors (Lipinski definition) is 2. The van der Waals surface area contributed by atoms with Crippen LogP contribution in [0.2, 0.25) is 0 Å². The molecule has 2 rings (SSSR count). The summed E-state index contributed by atoms with van der Waals surface area (Å²) in [5.41, 5.74) is 1.32. The van der Waals surface area contributed by atoms with Crippen LogP contribution in [0.1, 0.15) is 25.3 Å². The van der Waals surface area contributed by atoms with E-state index in [4.69, 9.17) is 0 Å². The van der Waals surface area contributed by atoms with E-state index < -0.39 is 18.6 Å². The summed E-state index contributed by atoms with van der Waals surface area (Å²) in [5.74, 6) is -0.243. The second-order valence-electron chi connectivity index (χ2n) is 6.56. The number of benzene rings is 1. The molecule has 0 unspecified atom stereocenters. The summed E-state index contributed by atoms with van der Waals surface area (Å²) in [6, 6.07) is 10.2. The zero-order chi connectivity index (χ0) is 19.2. The minimum absolute atomic E-state index is 0.0640. The van der Waals surface area contributed by atoms with Crippen LogP contribution in [0.15, 0.2) is 35.3 Å². The molecule has 26 heavy (non-hydrogen) atoms. The van der Waals surface area contributed by atoms with E-state index in [1.165, 1.54) is 5.56 Å². The van der Waals surface area contributed by atoms with Crippen LogP contribution in [0.25, 0.3) is 0 Å². The number of carbonyl (C=O) groups excluding carboxylic acids is 1. The highest BCUT2D eigenvalue weighted by Crippen LogP contribution is 2.47. The standard InChI is InChI=1S/C18H25F3N4O/c1-3-22-16(23-11-15(26)25(2)13-18(19,20)21)24-12-17(9-10-17)14-7-5-4-6-8-14/h4-8H,3,9-13H2,1-2H3,(H2,22,23,24). The normalized spacial score (nSPS) is 16.1. The minimum atomic E-state index is -4.41. The number of likely N-dealkylation sites (N-methyl/N-ethyl adjacent to an activating group) is 1. The maximum Gasteiger partial charge on any atom is 0.406 e. The quantitative estimate of drug-likeness (QED) is 0.572. The van der Waals surface area contributed by atoms with E-state index in [1.54, 1.807) is 0 Å². The third kappa shape index (κ3) is 5.93. The van der Waals surface area contributed by atoms with E-state index in [-0.39, 0.29) is 12.0 Å². The molecular weight excluding hydrogens is 345 g/mol. The molecule has 8 heteroatoms. The van der Waals surface area contributed by atoms with Gasteiger partial charge in [0.2, 0.25) is 5.91 Å².